The topological polar surface area (TPSA) is 25.8 Å². The first kappa shape index (κ1) is 23.7. The second-order valence-electron chi connectivity index (χ2n) is 12.3. The molecule has 0 saturated carbocycles. The molecule has 192 valence electrons. The van der Waals surface area contributed by atoms with Crippen LogP contribution in [0.25, 0.3) is 55.5 Å². The minimum absolute atomic E-state index is 1.04. The van der Waals surface area contributed by atoms with Gasteiger partial charge in [0.15, 0.2) is 0 Å². The summed E-state index contributed by atoms with van der Waals surface area (Å²) >= 11 is 0. The maximum Gasteiger partial charge on any atom is 0.113 e. The van der Waals surface area contributed by atoms with Gasteiger partial charge < -0.3 is 0 Å². The first-order chi connectivity index (χ1) is 19.4. The summed E-state index contributed by atoms with van der Waals surface area (Å²) < 4.78 is 0. The lowest BCUT2D eigenvalue weighted by molar-refractivity contribution is 1.33. The molecular formula is C36H30N2Si2. The van der Waals surface area contributed by atoms with Crippen molar-refractivity contribution in [2.75, 3.05) is 0 Å². The van der Waals surface area contributed by atoms with Crippen LogP contribution in [0.4, 0.5) is 0 Å². The van der Waals surface area contributed by atoms with E-state index in [0.717, 1.165) is 11.4 Å². The molecule has 0 N–H and O–H groups in total. The van der Waals surface area contributed by atoms with Crippen LogP contribution in [-0.4, -0.2) is 26.1 Å². The molecule has 2 aliphatic rings. The zero-order valence-corrected chi connectivity index (χ0v) is 25.3. The fourth-order valence-electron chi connectivity index (χ4n) is 7.26. The molecule has 0 fully saturated rings. The van der Waals surface area contributed by atoms with Gasteiger partial charge >= 0.3 is 0 Å². The predicted octanol–water partition coefficient (Wildman–Crippen LogP) is 6.57. The smallest absolute Gasteiger partial charge is 0.113 e. The van der Waals surface area contributed by atoms with Gasteiger partial charge in [-0.3, -0.25) is 9.97 Å². The van der Waals surface area contributed by atoms with E-state index in [-0.39, 0.29) is 0 Å². The first-order valence-corrected chi connectivity index (χ1v) is 20.1. The maximum absolute atomic E-state index is 4.64. The Balaban J connectivity index is 1.35. The van der Waals surface area contributed by atoms with Crippen LogP contribution in [0.15, 0.2) is 109 Å². The summed E-state index contributed by atoms with van der Waals surface area (Å²) in [5, 5.41) is 8.93. The van der Waals surface area contributed by atoms with Gasteiger partial charge in [-0.1, -0.05) is 99.0 Å². The van der Waals surface area contributed by atoms with Crippen molar-refractivity contribution >= 4 is 47.7 Å². The van der Waals surface area contributed by atoms with E-state index in [1.54, 1.807) is 10.4 Å². The second-order valence-corrected chi connectivity index (χ2v) is 20.9. The van der Waals surface area contributed by atoms with Crippen molar-refractivity contribution in [2.45, 2.75) is 26.2 Å². The summed E-state index contributed by atoms with van der Waals surface area (Å²) in [6.07, 6.45) is 3.77. The van der Waals surface area contributed by atoms with Gasteiger partial charge in [0.25, 0.3) is 0 Å². The second kappa shape index (κ2) is 8.20. The van der Waals surface area contributed by atoms with E-state index in [1.165, 1.54) is 54.5 Å². The summed E-state index contributed by atoms with van der Waals surface area (Å²) in [5.41, 5.74) is 10.3. The van der Waals surface area contributed by atoms with Crippen LogP contribution in [0, 0.1) is 0 Å². The van der Waals surface area contributed by atoms with E-state index in [2.05, 4.69) is 121 Å². The Bertz CT molecular complexity index is 1850. The lowest BCUT2D eigenvalue weighted by Gasteiger charge is -2.21. The number of hydrogen-bond donors (Lipinski definition) is 0. The molecule has 4 aromatic carbocycles. The normalized spacial score (nSPS) is 15.4. The van der Waals surface area contributed by atoms with Crippen molar-refractivity contribution < 1.29 is 0 Å². The zero-order chi connectivity index (χ0) is 27.2. The summed E-state index contributed by atoms with van der Waals surface area (Å²) in [7, 11) is -3.72. The van der Waals surface area contributed by atoms with Crippen molar-refractivity contribution in [3.8, 4) is 44.8 Å². The molecule has 0 unspecified atom stereocenters. The van der Waals surface area contributed by atoms with Gasteiger partial charge in [0.2, 0.25) is 0 Å². The van der Waals surface area contributed by atoms with Crippen LogP contribution in [0.2, 0.25) is 26.2 Å². The average molecular weight is 547 g/mol. The molecule has 0 spiro atoms. The molecule has 0 bridgehead atoms. The summed E-state index contributed by atoms with van der Waals surface area (Å²) in [4.78, 5) is 9.27. The standard InChI is InChI=1S/C36H30N2Si2/c1-39(2)31-17-15-26-25(35(31)27-13-11-23(21-33(27)39)29-9-5-7-19-37-29)16-18-32-36(26)28-14-12-24(22-34(28)40(32,3)4)30-10-6-8-20-38-30/h5-22H,1-4H3. The predicted molar refractivity (Wildman–Crippen MR) is 175 cm³/mol. The molecule has 4 heteroatoms. The van der Waals surface area contributed by atoms with Crippen LogP contribution >= 0.6 is 0 Å². The molecule has 0 amide bonds. The number of hydrogen-bond acceptors (Lipinski definition) is 2. The number of pyridine rings is 2. The van der Waals surface area contributed by atoms with Crippen LogP contribution in [0.5, 0.6) is 0 Å². The minimum Gasteiger partial charge on any atom is -0.256 e. The van der Waals surface area contributed by atoms with Crippen molar-refractivity contribution in [3.63, 3.8) is 0 Å². The van der Waals surface area contributed by atoms with E-state index in [0.29, 0.717) is 0 Å². The Kier molecular flexibility index (Phi) is 4.86. The number of rotatable bonds is 2. The largest absolute Gasteiger partial charge is 0.256 e. The third kappa shape index (κ3) is 3.15. The highest BCUT2D eigenvalue weighted by Gasteiger charge is 2.41. The molecule has 2 aliphatic heterocycles. The van der Waals surface area contributed by atoms with Crippen LogP contribution < -0.4 is 20.7 Å². The van der Waals surface area contributed by atoms with Gasteiger partial charge in [0.1, 0.15) is 16.1 Å². The van der Waals surface area contributed by atoms with Crippen molar-refractivity contribution in [3.05, 3.63) is 109 Å². The lowest BCUT2D eigenvalue weighted by atomic mass is 9.92. The monoisotopic (exact) mass is 546 g/mol. The highest BCUT2D eigenvalue weighted by Crippen LogP contribution is 2.41. The van der Waals surface area contributed by atoms with Gasteiger partial charge in [-0.05, 0) is 78.0 Å². The van der Waals surface area contributed by atoms with Gasteiger partial charge in [-0.15, -0.1) is 0 Å². The third-order valence-electron chi connectivity index (χ3n) is 9.39. The number of benzene rings is 4. The van der Waals surface area contributed by atoms with E-state index in [1.807, 2.05) is 24.5 Å². The zero-order valence-electron chi connectivity index (χ0n) is 23.3. The number of fused-ring (bicyclic) bond motifs is 9. The van der Waals surface area contributed by atoms with Crippen LogP contribution in [0.3, 0.4) is 0 Å². The van der Waals surface area contributed by atoms with Crippen LogP contribution in [-0.2, 0) is 0 Å². The Labute approximate surface area is 237 Å². The van der Waals surface area contributed by atoms with Crippen molar-refractivity contribution in [1.29, 1.82) is 0 Å². The highest BCUT2D eigenvalue weighted by molar-refractivity contribution is 7.05. The summed E-state index contributed by atoms with van der Waals surface area (Å²) in [6, 6.07) is 36.2. The number of nitrogens with zero attached hydrogens (tertiary/aromatic N) is 2. The summed E-state index contributed by atoms with van der Waals surface area (Å²) in [5.74, 6) is 0. The van der Waals surface area contributed by atoms with Crippen LogP contribution in [0.1, 0.15) is 0 Å². The molecule has 0 atom stereocenters. The van der Waals surface area contributed by atoms with E-state index >= 15 is 0 Å². The molecule has 6 aromatic rings. The lowest BCUT2D eigenvalue weighted by Crippen LogP contribution is -2.49. The molecule has 0 radical (unpaired) electrons. The maximum atomic E-state index is 4.64. The van der Waals surface area contributed by atoms with Gasteiger partial charge in [-0.25, -0.2) is 0 Å². The molecular weight excluding hydrogens is 517 g/mol. The summed E-state index contributed by atoms with van der Waals surface area (Å²) in [6.45, 7) is 10.0. The quantitative estimate of drug-likeness (QED) is 0.230. The van der Waals surface area contributed by atoms with E-state index in [9.17, 15) is 0 Å². The van der Waals surface area contributed by atoms with Crippen molar-refractivity contribution in [2.24, 2.45) is 0 Å². The fraction of sp³-hybridized carbons (Fsp3) is 0.111. The Hall–Kier alpha value is -4.13. The third-order valence-corrected chi connectivity index (χ3v) is 16.4. The van der Waals surface area contributed by atoms with Gasteiger partial charge in [0.05, 0.1) is 11.4 Å². The van der Waals surface area contributed by atoms with Gasteiger partial charge in [0, 0.05) is 23.5 Å². The molecule has 40 heavy (non-hydrogen) atoms. The Morgan fingerprint density at radius 3 is 1.30 bits per heavy atom. The molecule has 4 heterocycles. The fourth-order valence-corrected chi connectivity index (χ4v) is 13.4. The van der Waals surface area contributed by atoms with Gasteiger partial charge in [-0.2, -0.15) is 0 Å². The first-order valence-electron chi connectivity index (χ1n) is 14.1. The Morgan fingerprint density at radius 1 is 0.450 bits per heavy atom. The molecule has 0 saturated heterocycles. The molecule has 0 aliphatic carbocycles. The van der Waals surface area contributed by atoms with E-state index < -0.39 is 16.1 Å². The highest BCUT2D eigenvalue weighted by atomic mass is 28.3. The van der Waals surface area contributed by atoms with E-state index in [4.69, 9.17) is 0 Å². The number of aromatic nitrogens is 2. The van der Waals surface area contributed by atoms with Crippen molar-refractivity contribution in [1.82, 2.24) is 9.97 Å². The molecule has 2 nitrogen and oxygen atoms in total. The molecule has 8 rings (SSSR count). The average Bonchev–Trinajstić information content (AvgIpc) is 3.37. The molecule has 2 aromatic heterocycles. The minimum atomic E-state index is -1.86. The SMILES string of the molecule is C[Si]1(C)c2cc(-c3ccccn3)ccc2-c2c1ccc1c3c(ccc21)[Si](C)(C)c1cc(-c2ccccn2)ccc1-3. The Morgan fingerprint density at radius 2 is 0.900 bits per heavy atom.